The van der Waals surface area contributed by atoms with Gasteiger partial charge in [0.05, 0.1) is 16.3 Å². The maximum Gasteiger partial charge on any atom is 0.271 e. The summed E-state index contributed by atoms with van der Waals surface area (Å²) < 4.78 is 13.3. The highest BCUT2D eigenvalue weighted by Crippen LogP contribution is 2.37. The molecule has 1 aliphatic heterocycles. The lowest BCUT2D eigenvalue weighted by atomic mass is 10.1. The molecule has 1 aliphatic rings. The fourth-order valence-corrected chi connectivity index (χ4v) is 4.41. The number of aryl methyl sites for hydroxylation is 1. The number of rotatable bonds is 3. The van der Waals surface area contributed by atoms with Crippen LogP contribution in [-0.4, -0.2) is 16.1 Å². The lowest BCUT2D eigenvalue weighted by Gasteiger charge is -2.16. The highest BCUT2D eigenvalue weighted by Gasteiger charge is 2.34. The Morgan fingerprint density at radius 2 is 1.77 bits per heavy atom. The van der Waals surface area contributed by atoms with Crippen molar-refractivity contribution in [3.8, 4) is 0 Å². The highest BCUT2D eigenvalue weighted by molar-refractivity contribution is 8.19. The zero-order valence-corrected chi connectivity index (χ0v) is 17.5. The number of amidine groups is 1. The van der Waals surface area contributed by atoms with E-state index in [-0.39, 0.29) is 11.7 Å². The molecule has 0 aliphatic carbocycles. The van der Waals surface area contributed by atoms with Gasteiger partial charge in [0.25, 0.3) is 5.91 Å². The number of benzene rings is 3. The predicted octanol–water partition coefficient (Wildman–Crippen LogP) is 6.42. The quantitative estimate of drug-likeness (QED) is 0.383. The highest BCUT2D eigenvalue weighted by atomic mass is 32.2. The summed E-state index contributed by atoms with van der Waals surface area (Å²) in [6.45, 7) is 2.00. The Kier molecular flexibility index (Phi) is 4.92. The number of aliphatic imine (C=N–C) groups is 1. The molecule has 0 atom stereocenters. The molecule has 0 unspecified atom stereocenters. The molecule has 3 aromatic carbocycles. The molecule has 1 aromatic heterocycles. The minimum absolute atomic E-state index is 0.135. The fraction of sp³-hybridized carbons (Fsp3) is 0.0400. The number of H-pyrrole nitrogens is 1. The van der Waals surface area contributed by atoms with Crippen molar-refractivity contribution in [1.29, 1.82) is 0 Å². The molecule has 0 spiro atoms. The smallest absolute Gasteiger partial charge is 0.271 e. The number of aromatic nitrogens is 1. The van der Waals surface area contributed by atoms with Crippen molar-refractivity contribution in [3.63, 3.8) is 0 Å². The number of carbonyl (C=O) groups is 1. The molecule has 5 rings (SSSR count). The molecule has 4 aromatic rings. The van der Waals surface area contributed by atoms with Crippen LogP contribution in [0.25, 0.3) is 17.0 Å². The fourth-order valence-electron chi connectivity index (χ4n) is 3.41. The number of halogens is 1. The summed E-state index contributed by atoms with van der Waals surface area (Å²) in [4.78, 5) is 23.3. The van der Waals surface area contributed by atoms with Gasteiger partial charge in [0.1, 0.15) is 5.82 Å². The molecule has 152 valence electrons. The third-order valence-electron chi connectivity index (χ3n) is 5.03. The van der Waals surface area contributed by atoms with E-state index in [9.17, 15) is 9.18 Å². The van der Waals surface area contributed by atoms with Crippen molar-refractivity contribution in [2.45, 2.75) is 6.92 Å². The van der Waals surface area contributed by atoms with Gasteiger partial charge in [0.15, 0.2) is 5.17 Å². The predicted molar refractivity (Wildman–Crippen MR) is 126 cm³/mol. The second-order valence-corrected chi connectivity index (χ2v) is 8.29. The van der Waals surface area contributed by atoms with Crippen LogP contribution in [0.5, 0.6) is 0 Å². The Bertz CT molecular complexity index is 1340. The van der Waals surface area contributed by atoms with Crippen LogP contribution in [0.15, 0.2) is 88.9 Å². The van der Waals surface area contributed by atoms with Gasteiger partial charge in [0.2, 0.25) is 0 Å². The molecule has 1 N–H and O–H groups in total. The first-order valence-electron chi connectivity index (χ1n) is 9.79. The van der Waals surface area contributed by atoms with Gasteiger partial charge in [-0.3, -0.25) is 9.69 Å². The van der Waals surface area contributed by atoms with Gasteiger partial charge >= 0.3 is 0 Å². The molecule has 0 bridgehead atoms. The number of hydrogen-bond donors (Lipinski definition) is 1. The van der Waals surface area contributed by atoms with Gasteiger partial charge in [-0.2, -0.15) is 0 Å². The molecule has 0 saturated carbocycles. The Labute approximate surface area is 183 Å². The van der Waals surface area contributed by atoms with E-state index in [1.807, 2.05) is 67.7 Å². The van der Waals surface area contributed by atoms with Crippen LogP contribution in [0.1, 0.15) is 11.1 Å². The minimum Gasteiger partial charge on any atom is -0.361 e. The molecule has 31 heavy (non-hydrogen) atoms. The molecular weight excluding hydrogens is 409 g/mol. The maximum absolute atomic E-state index is 13.4. The summed E-state index contributed by atoms with van der Waals surface area (Å²) in [6.07, 6.45) is 3.78. The number of hydrogen-bond acceptors (Lipinski definition) is 3. The van der Waals surface area contributed by atoms with E-state index >= 15 is 0 Å². The molecule has 6 heteroatoms. The second-order valence-electron chi connectivity index (χ2n) is 7.28. The van der Waals surface area contributed by atoms with Crippen LogP contribution in [0.2, 0.25) is 0 Å². The van der Waals surface area contributed by atoms with E-state index < -0.39 is 0 Å². The van der Waals surface area contributed by atoms with E-state index in [2.05, 4.69) is 9.98 Å². The third-order valence-corrected chi connectivity index (χ3v) is 5.99. The molecule has 0 radical (unpaired) electrons. The summed E-state index contributed by atoms with van der Waals surface area (Å²) in [6, 6.07) is 21.7. The number of amides is 1. The number of fused-ring (bicyclic) bond motifs is 1. The van der Waals surface area contributed by atoms with Crippen molar-refractivity contribution in [2.24, 2.45) is 4.99 Å². The lowest BCUT2D eigenvalue weighted by molar-refractivity contribution is -0.113. The lowest BCUT2D eigenvalue weighted by Crippen LogP contribution is -2.28. The molecule has 1 fully saturated rings. The van der Waals surface area contributed by atoms with Crippen LogP contribution < -0.4 is 4.90 Å². The van der Waals surface area contributed by atoms with E-state index in [0.717, 1.165) is 27.7 Å². The van der Waals surface area contributed by atoms with Crippen LogP contribution in [0, 0.1) is 12.7 Å². The van der Waals surface area contributed by atoms with Gasteiger partial charge in [-0.1, -0.05) is 23.8 Å². The molecular formula is C25H18FN3OS. The van der Waals surface area contributed by atoms with Crippen molar-refractivity contribution in [1.82, 2.24) is 4.98 Å². The standard InChI is InChI=1S/C25H18FN3OS/c1-16-2-9-21(10-3-16)29-24(30)23(15-17-4-11-22-18(14-17)12-13-27-22)31-25(29)28-20-7-5-19(26)6-8-20/h2-15,27H,1H3/b23-15-,28-25-. The molecule has 4 nitrogen and oxygen atoms in total. The van der Waals surface area contributed by atoms with Gasteiger partial charge in [-0.15, -0.1) is 0 Å². The van der Waals surface area contributed by atoms with Gasteiger partial charge in [0, 0.05) is 11.7 Å². The minimum atomic E-state index is -0.324. The zero-order valence-electron chi connectivity index (χ0n) is 16.7. The first-order chi connectivity index (χ1) is 15.1. The zero-order chi connectivity index (χ0) is 21.4. The average molecular weight is 428 g/mol. The third kappa shape index (κ3) is 3.90. The summed E-state index contributed by atoms with van der Waals surface area (Å²) in [5.74, 6) is -0.459. The van der Waals surface area contributed by atoms with E-state index in [4.69, 9.17) is 0 Å². The monoisotopic (exact) mass is 427 g/mol. The van der Waals surface area contributed by atoms with Crippen molar-refractivity contribution >= 4 is 51.2 Å². The molecule has 1 saturated heterocycles. The van der Waals surface area contributed by atoms with Crippen molar-refractivity contribution in [3.05, 3.63) is 101 Å². The van der Waals surface area contributed by atoms with Gasteiger partial charge < -0.3 is 4.98 Å². The van der Waals surface area contributed by atoms with Crippen LogP contribution in [0.3, 0.4) is 0 Å². The van der Waals surface area contributed by atoms with Crippen LogP contribution >= 0.6 is 11.8 Å². The Hall–Kier alpha value is -3.64. The second kappa shape index (κ2) is 7.89. The van der Waals surface area contributed by atoms with E-state index in [0.29, 0.717) is 15.8 Å². The van der Waals surface area contributed by atoms with Crippen LogP contribution in [-0.2, 0) is 4.79 Å². The number of nitrogens with one attached hydrogen (secondary N) is 1. The maximum atomic E-state index is 13.4. The van der Waals surface area contributed by atoms with Crippen LogP contribution in [0.4, 0.5) is 15.8 Å². The van der Waals surface area contributed by atoms with Gasteiger partial charge in [-0.25, -0.2) is 9.38 Å². The Morgan fingerprint density at radius 3 is 2.55 bits per heavy atom. The first-order valence-corrected chi connectivity index (χ1v) is 10.6. The van der Waals surface area contributed by atoms with E-state index in [1.54, 1.807) is 17.0 Å². The largest absolute Gasteiger partial charge is 0.361 e. The molecule has 2 heterocycles. The number of thioether (sulfide) groups is 1. The summed E-state index contributed by atoms with van der Waals surface area (Å²) >= 11 is 1.31. The SMILES string of the molecule is Cc1ccc(N2C(=O)/C(=C/c3ccc4[nH]ccc4c3)S/C2=N\c2ccc(F)cc2)cc1. The summed E-state index contributed by atoms with van der Waals surface area (Å²) in [5, 5.41) is 1.62. The number of nitrogens with zero attached hydrogens (tertiary/aromatic N) is 2. The number of aromatic amines is 1. The number of anilines is 1. The van der Waals surface area contributed by atoms with E-state index in [1.165, 1.54) is 23.9 Å². The average Bonchev–Trinajstić information content (AvgIpc) is 3.35. The van der Waals surface area contributed by atoms with Gasteiger partial charge in [-0.05, 0) is 90.3 Å². The summed E-state index contributed by atoms with van der Waals surface area (Å²) in [5.41, 5.74) is 4.43. The Balaban J connectivity index is 1.57. The summed E-state index contributed by atoms with van der Waals surface area (Å²) in [7, 11) is 0. The first kappa shape index (κ1) is 19.3. The van der Waals surface area contributed by atoms with Crippen molar-refractivity contribution < 1.29 is 9.18 Å². The van der Waals surface area contributed by atoms with Crippen molar-refractivity contribution in [2.75, 3.05) is 4.90 Å². The normalized spacial score (nSPS) is 16.7. The number of carbonyl (C=O) groups excluding carboxylic acids is 1. The Morgan fingerprint density at radius 1 is 1.00 bits per heavy atom. The molecule has 1 amide bonds. The topological polar surface area (TPSA) is 48.5 Å².